The molecule has 0 heterocycles. The van der Waals surface area contributed by atoms with E-state index in [4.69, 9.17) is 0 Å². The lowest BCUT2D eigenvalue weighted by molar-refractivity contribution is 0.537. The predicted molar refractivity (Wildman–Crippen MR) is 70.0 cm³/mol. The van der Waals surface area contributed by atoms with Crippen molar-refractivity contribution in [1.29, 1.82) is 0 Å². The van der Waals surface area contributed by atoms with Gasteiger partial charge in [-0.15, -0.1) is 0 Å². The van der Waals surface area contributed by atoms with Crippen molar-refractivity contribution in [2.75, 3.05) is 30.6 Å². The molecule has 98 valence electrons. The van der Waals surface area contributed by atoms with Crippen molar-refractivity contribution in [2.24, 2.45) is 0 Å². The SMILES string of the molecule is CNC(C)CCCCS(=O)CCS(C)(=O)=O. The first-order chi connectivity index (χ1) is 7.35. The first kappa shape index (κ1) is 16.1. The fraction of sp³-hybridized carbons (Fsp3) is 1.00. The molecule has 0 aromatic carbocycles. The summed E-state index contributed by atoms with van der Waals surface area (Å²) < 4.78 is 33.1. The van der Waals surface area contributed by atoms with Crippen molar-refractivity contribution in [2.45, 2.75) is 32.2 Å². The van der Waals surface area contributed by atoms with Gasteiger partial charge in [0, 0.05) is 34.6 Å². The molecular formula is C10H23NO3S2. The molecule has 0 fully saturated rings. The minimum absolute atomic E-state index is 0.0343. The Balaban J connectivity index is 3.52. The minimum Gasteiger partial charge on any atom is -0.317 e. The van der Waals surface area contributed by atoms with Crippen molar-refractivity contribution < 1.29 is 12.6 Å². The highest BCUT2D eigenvalue weighted by atomic mass is 32.2. The number of rotatable bonds is 9. The van der Waals surface area contributed by atoms with Crippen LogP contribution < -0.4 is 5.32 Å². The van der Waals surface area contributed by atoms with Crippen molar-refractivity contribution in [3.8, 4) is 0 Å². The molecule has 1 N–H and O–H groups in total. The van der Waals surface area contributed by atoms with Crippen LogP contribution in [0.15, 0.2) is 0 Å². The Morgan fingerprint density at radius 1 is 1.25 bits per heavy atom. The average Bonchev–Trinajstić information content (AvgIpc) is 2.20. The maximum absolute atomic E-state index is 11.4. The number of hydrogen-bond acceptors (Lipinski definition) is 4. The lowest BCUT2D eigenvalue weighted by atomic mass is 10.1. The lowest BCUT2D eigenvalue weighted by Gasteiger charge is -2.08. The van der Waals surface area contributed by atoms with Gasteiger partial charge in [0.1, 0.15) is 9.84 Å². The van der Waals surface area contributed by atoms with E-state index in [2.05, 4.69) is 12.2 Å². The van der Waals surface area contributed by atoms with Gasteiger partial charge in [-0.05, 0) is 26.8 Å². The van der Waals surface area contributed by atoms with Crippen molar-refractivity contribution in [3.63, 3.8) is 0 Å². The molecule has 0 bridgehead atoms. The van der Waals surface area contributed by atoms with Gasteiger partial charge in [0.2, 0.25) is 0 Å². The van der Waals surface area contributed by atoms with Crippen LogP contribution in [-0.2, 0) is 20.6 Å². The summed E-state index contributed by atoms with van der Waals surface area (Å²) in [6.45, 7) is 2.11. The molecule has 0 aliphatic rings. The molecule has 4 nitrogen and oxygen atoms in total. The highest BCUT2D eigenvalue weighted by Gasteiger charge is 2.06. The third-order valence-corrected chi connectivity index (χ3v) is 5.04. The molecule has 0 saturated carbocycles. The molecule has 0 aliphatic carbocycles. The summed E-state index contributed by atoms with van der Waals surface area (Å²) in [6, 6.07) is 0.490. The van der Waals surface area contributed by atoms with E-state index in [0.29, 0.717) is 11.8 Å². The maximum atomic E-state index is 11.4. The van der Waals surface area contributed by atoms with Gasteiger partial charge in [-0.25, -0.2) is 8.42 Å². The van der Waals surface area contributed by atoms with E-state index in [1.165, 1.54) is 6.26 Å². The Morgan fingerprint density at radius 3 is 2.38 bits per heavy atom. The first-order valence-electron chi connectivity index (χ1n) is 5.55. The van der Waals surface area contributed by atoms with Crippen LogP contribution in [0.25, 0.3) is 0 Å². The zero-order valence-electron chi connectivity index (χ0n) is 10.4. The summed E-state index contributed by atoms with van der Waals surface area (Å²) in [5, 5.41) is 3.14. The van der Waals surface area contributed by atoms with Crippen LogP contribution in [0.2, 0.25) is 0 Å². The summed E-state index contributed by atoms with van der Waals surface area (Å²) >= 11 is 0. The molecule has 0 aromatic heterocycles. The molecule has 0 saturated heterocycles. The first-order valence-corrected chi connectivity index (χ1v) is 9.10. The largest absolute Gasteiger partial charge is 0.317 e. The van der Waals surface area contributed by atoms with Crippen molar-refractivity contribution >= 4 is 20.6 Å². The third-order valence-electron chi connectivity index (χ3n) is 2.43. The van der Waals surface area contributed by atoms with Crippen molar-refractivity contribution in [1.82, 2.24) is 5.32 Å². The van der Waals surface area contributed by atoms with Crippen LogP contribution in [0.4, 0.5) is 0 Å². The van der Waals surface area contributed by atoms with E-state index in [-0.39, 0.29) is 11.5 Å². The topological polar surface area (TPSA) is 63.2 Å². The van der Waals surface area contributed by atoms with Gasteiger partial charge in [0.15, 0.2) is 0 Å². The Bertz CT molecular complexity index is 301. The average molecular weight is 269 g/mol. The van der Waals surface area contributed by atoms with Gasteiger partial charge in [0.25, 0.3) is 0 Å². The minimum atomic E-state index is -2.97. The summed E-state index contributed by atoms with van der Waals surface area (Å²) in [6.07, 6.45) is 4.19. The van der Waals surface area contributed by atoms with Crippen LogP contribution >= 0.6 is 0 Å². The Labute approximate surface area is 102 Å². The third kappa shape index (κ3) is 10.6. The molecule has 0 aliphatic heterocycles. The summed E-state index contributed by atoms with van der Waals surface area (Å²) in [5.41, 5.74) is 0. The second-order valence-corrected chi connectivity index (χ2v) is 8.12. The van der Waals surface area contributed by atoms with Crippen LogP contribution in [0.5, 0.6) is 0 Å². The fourth-order valence-electron chi connectivity index (χ4n) is 1.20. The summed E-state index contributed by atoms with van der Waals surface area (Å²) in [4.78, 5) is 0. The van der Waals surface area contributed by atoms with Gasteiger partial charge in [-0.2, -0.15) is 0 Å². The van der Waals surface area contributed by atoms with Gasteiger partial charge in [0.05, 0.1) is 5.75 Å². The van der Waals surface area contributed by atoms with Gasteiger partial charge in [-0.1, -0.05) is 6.42 Å². The zero-order valence-corrected chi connectivity index (χ0v) is 12.0. The highest BCUT2D eigenvalue weighted by Crippen LogP contribution is 2.01. The predicted octanol–water partition coefficient (Wildman–Crippen LogP) is 0.558. The zero-order chi connectivity index (χ0) is 12.6. The fourth-order valence-corrected chi connectivity index (χ4v) is 3.89. The van der Waals surface area contributed by atoms with Gasteiger partial charge >= 0.3 is 0 Å². The maximum Gasteiger partial charge on any atom is 0.148 e. The normalized spacial score (nSPS) is 15.9. The Morgan fingerprint density at radius 2 is 1.88 bits per heavy atom. The molecule has 6 heteroatoms. The van der Waals surface area contributed by atoms with E-state index in [0.717, 1.165) is 19.3 Å². The molecule has 2 atom stereocenters. The van der Waals surface area contributed by atoms with E-state index in [9.17, 15) is 12.6 Å². The monoisotopic (exact) mass is 269 g/mol. The van der Waals surface area contributed by atoms with E-state index in [1.807, 2.05) is 7.05 Å². The molecule has 0 aromatic rings. The molecule has 16 heavy (non-hydrogen) atoms. The number of hydrogen-bond donors (Lipinski definition) is 1. The van der Waals surface area contributed by atoms with Gasteiger partial charge < -0.3 is 5.32 Å². The van der Waals surface area contributed by atoms with Gasteiger partial charge in [-0.3, -0.25) is 4.21 Å². The molecule has 0 spiro atoms. The van der Waals surface area contributed by atoms with Crippen molar-refractivity contribution in [3.05, 3.63) is 0 Å². The lowest BCUT2D eigenvalue weighted by Crippen LogP contribution is -2.21. The summed E-state index contributed by atoms with van der Waals surface area (Å²) in [5.74, 6) is 0.929. The number of sulfone groups is 1. The Kier molecular flexibility index (Phi) is 8.23. The molecular weight excluding hydrogens is 246 g/mol. The van der Waals surface area contributed by atoms with Crippen LogP contribution in [0, 0.1) is 0 Å². The molecule has 0 radical (unpaired) electrons. The summed E-state index contributed by atoms with van der Waals surface area (Å²) in [7, 11) is -2.03. The van der Waals surface area contributed by atoms with E-state index < -0.39 is 20.6 Å². The molecule has 0 rings (SSSR count). The quantitative estimate of drug-likeness (QED) is 0.621. The van der Waals surface area contributed by atoms with Crippen LogP contribution in [0.1, 0.15) is 26.2 Å². The van der Waals surface area contributed by atoms with E-state index in [1.54, 1.807) is 0 Å². The second kappa shape index (κ2) is 8.20. The smallest absolute Gasteiger partial charge is 0.148 e. The second-order valence-electron chi connectivity index (χ2n) is 4.16. The molecule has 2 unspecified atom stereocenters. The Hall–Kier alpha value is 0.0600. The highest BCUT2D eigenvalue weighted by molar-refractivity contribution is 7.92. The van der Waals surface area contributed by atoms with Crippen LogP contribution in [0.3, 0.4) is 0 Å². The number of unbranched alkanes of at least 4 members (excludes halogenated alkanes) is 1. The standard InChI is InChI=1S/C10H23NO3S2/c1-10(11-2)6-4-5-7-15(12)8-9-16(3,13)14/h10-11H,4-9H2,1-3H3. The molecule has 0 amide bonds. The number of nitrogens with one attached hydrogen (secondary N) is 1. The van der Waals surface area contributed by atoms with Crippen LogP contribution in [-0.4, -0.2) is 49.2 Å². The van der Waals surface area contributed by atoms with E-state index >= 15 is 0 Å².